The van der Waals surface area contributed by atoms with Gasteiger partial charge >= 0.3 is 0 Å². The number of para-hydroxylation sites is 2. The minimum absolute atomic E-state index is 0.165. The van der Waals surface area contributed by atoms with Crippen LogP contribution in [0.15, 0.2) is 53.4 Å². The Hall–Kier alpha value is -2.62. The van der Waals surface area contributed by atoms with Crippen molar-refractivity contribution in [3.8, 4) is 11.5 Å². The van der Waals surface area contributed by atoms with Crippen molar-refractivity contribution in [1.82, 2.24) is 9.21 Å². The van der Waals surface area contributed by atoms with Gasteiger partial charge in [0.05, 0.1) is 23.6 Å². The van der Waals surface area contributed by atoms with E-state index in [0.717, 1.165) is 0 Å². The molecule has 0 bridgehead atoms. The number of benzene rings is 2. The largest absolute Gasteiger partial charge is 0.486 e. The van der Waals surface area contributed by atoms with E-state index in [1.165, 1.54) is 16.4 Å². The molecule has 8 nitrogen and oxygen atoms in total. The quantitative estimate of drug-likeness (QED) is 0.681. The summed E-state index contributed by atoms with van der Waals surface area (Å²) >= 11 is 0. The average molecular weight is 461 g/mol. The number of likely N-dealkylation sites (N-methyl/N-ethyl adjacent to an activating group) is 1. The first kappa shape index (κ1) is 22.6. The second kappa shape index (κ2) is 9.09. The van der Waals surface area contributed by atoms with Crippen LogP contribution in [0.5, 0.6) is 11.5 Å². The fraction of sp³-hybridized carbons (Fsp3) is 0.435. The van der Waals surface area contributed by atoms with Gasteiger partial charge in [0.1, 0.15) is 6.61 Å². The molecule has 9 heteroatoms. The maximum atomic E-state index is 13.0. The lowest BCUT2D eigenvalue weighted by Crippen LogP contribution is -2.48. The highest BCUT2D eigenvalue weighted by molar-refractivity contribution is 7.89. The Bertz CT molecular complexity index is 1060. The van der Waals surface area contributed by atoms with E-state index in [1.54, 1.807) is 24.1 Å². The second-order valence-electron chi connectivity index (χ2n) is 8.29. The SMILES string of the molecule is C[C@@H]1CN(S(=O)(=O)c2ccc(C(=O)N(C)C[C@@H]3COc4ccccc4O3)cc2)C[C@@H](C)O1. The van der Waals surface area contributed by atoms with Gasteiger partial charge in [0.25, 0.3) is 5.91 Å². The van der Waals surface area contributed by atoms with Crippen LogP contribution in [0.3, 0.4) is 0 Å². The van der Waals surface area contributed by atoms with Gasteiger partial charge in [-0.25, -0.2) is 8.42 Å². The maximum Gasteiger partial charge on any atom is 0.253 e. The number of carbonyl (C=O) groups is 1. The third-order valence-electron chi connectivity index (χ3n) is 5.52. The monoisotopic (exact) mass is 460 g/mol. The Kier molecular flexibility index (Phi) is 6.41. The lowest BCUT2D eigenvalue weighted by Gasteiger charge is -2.34. The van der Waals surface area contributed by atoms with Crippen LogP contribution >= 0.6 is 0 Å². The van der Waals surface area contributed by atoms with Crippen molar-refractivity contribution in [3.05, 3.63) is 54.1 Å². The van der Waals surface area contributed by atoms with Crippen LogP contribution < -0.4 is 9.47 Å². The minimum atomic E-state index is -3.65. The maximum absolute atomic E-state index is 13.0. The number of sulfonamides is 1. The molecule has 2 aliphatic heterocycles. The molecular weight excluding hydrogens is 432 g/mol. The first-order valence-corrected chi connectivity index (χ1v) is 12.1. The van der Waals surface area contributed by atoms with Gasteiger partial charge in [-0.05, 0) is 50.2 Å². The van der Waals surface area contributed by atoms with Crippen LogP contribution in [-0.4, -0.2) is 75.1 Å². The molecule has 2 aromatic carbocycles. The van der Waals surface area contributed by atoms with Crippen LogP contribution in [0.1, 0.15) is 24.2 Å². The van der Waals surface area contributed by atoms with Crippen LogP contribution in [0, 0.1) is 0 Å². The third kappa shape index (κ3) is 4.74. The van der Waals surface area contributed by atoms with Gasteiger partial charge in [0, 0.05) is 25.7 Å². The molecule has 0 saturated carbocycles. The van der Waals surface area contributed by atoms with Gasteiger partial charge in [0.2, 0.25) is 10.0 Å². The predicted molar refractivity (Wildman–Crippen MR) is 119 cm³/mol. The zero-order valence-corrected chi connectivity index (χ0v) is 19.2. The van der Waals surface area contributed by atoms with Crippen molar-refractivity contribution in [2.75, 3.05) is 33.3 Å². The summed E-state index contributed by atoms with van der Waals surface area (Å²) in [6, 6.07) is 13.5. The standard InChI is InChI=1S/C23H28N2O6S/c1-16-12-25(13-17(2)30-16)32(27,28)20-10-8-18(9-11-20)23(26)24(3)14-19-15-29-21-6-4-5-7-22(21)31-19/h4-11,16-17,19H,12-15H2,1-3H3/t16-,17-,19-/m1/s1. The number of carbonyl (C=O) groups excluding carboxylic acids is 1. The topological polar surface area (TPSA) is 85.4 Å². The van der Waals surface area contributed by atoms with Crippen molar-refractivity contribution in [2.24, 2.45) is 0 Å². The molecule has 1 fully saturated rings. The van der Waals surface area contributed by atoms with E-state index in [4.69, 9.17) is 14.2 Å². The summed E-state index contributed by atoms with van der Waals surface area (Å²) in [4.78, 5) is 14.6. The molecule has 0 aromatic heterocycles. The lowest BCUT2D eigenvalue weighted by molar-refractivity contribution is -0.0440. The highest BCUT2D eigenvalue weighted by Gasteiger charge is 2.32. The van der Waals surface area contributed by atoms with E-state index in [1.807, 2.05) is 38.1 Å². The third-order valence-corrected chi connectivity index (χ3v) is 7.36. The first-order chi connectivity index (χ1) is 15.2. The number of nitrogens with zero attached hydrogens (tertiary/aromatic N) is 2. The molecular formula is C23H28N2O6S. The summed E-state index contributed by atoms with van der Waals surface area (Å²) in [6.45, 7) is 5.02. The molecule has 4 rings (SSSR count). The normalized spacial score (nSPS) is 23.5. The summed E-state index contributed by atoms with van der Waals surface area (Å²) in [5.74, 6) is 1.13. The van der Waals surface area contributed by atoms with Gasteiger partial charge in [-0.3, -0.25) is 4.79 Å². The summed E-state index contributed by atoms with van der Waals surface area (Å²) < 4.78 is 44.7. The summed E-state index contributed by atoms with van der Waals surface area (Å²) in [5.41, 5.74) is 0.410. The highest BCUT2D eigenvalue weighted by Crippen LogP contribution is 2.31. The number of hydrogen-bond acceptors (Lipinski definition) is 6. The molecule has 2 aromatic rings. The van der Waals surface area contributed by atoms with Crippen LogP contribution in [-0.2, 0) is 14.8 Å². The molecule has 3 atom stereocenters. The molecule has 1 saturated heterocycles. The molecule has 0 aliphatic carbocycles. The van der Waals surface area contributed by atoms with E-state index in [2.05, 4.69) is 0 Å². The Labute approximate surface area is 188 Å². The molecule has 0 radical (unpaired) electrons. The Morgan fingerprint density at radius 2 is 1.66 bits per heavy atom. The summed E-state index contributed by atoms with van der Waals surface area (Å²) in [5, 5.41) is 0. The number of amides is 1. The molecule has 1 amide bonds. The fourth-order valence-electron chi connectivity index (χ4n) is 4.01. The Morgan fingerprint density at radius 3 is 2.31 bits per heavy atom. The average Bonchev–Trinajstić information content (AvgIpc) is 2.78. The first-order valence-electron chi connectivity index (χ1n) is 10.6. The van der Waals surface area contributed by atoms with Crippen molar-refractivity contribution in [2.45, 2.75) is 37.1 Å². The van der Waals surface area contributed by atoms with Gasteiger partial charge in [-0.15, -0.1) is 0 Å². The molecule has 172 valence electrons. The van der Waals surface area contributed by atoms with Crippen molar-refractivity contribution in [1.29, 1.82) is 0 Å². The Balaban J connectivity index is 1.40. The van der Waals surface area contributed by atoms with E-state index in [0.29, 0.717) is 43.3 Å². The van der Waals surface area contributed by atoms with Crippen molar-refractivity contribution >= 4 is 15.9 Å². The van der Waals surface area contributed by atoms with Crippen LogP contribution in [0.25, 0.3) is 0 Å². The lowest BCUT2D eigenvalue weighted by atomic mass is 10.2. The molecule has 0 N–H and O–H groups in total. The Morgan fingerprint density at radius 1 is 1.03 bits per heavy atom. The summed E-state index contributed by atoms with van der Waals surface area (Å²) in [7, 11) is -1.96. The predicted octanol–water partition coefficient (Wildman–Crippen LogP) is 2.40. The molecule has 32 heavy (non-hydrogen) atoms. The zero-order chi connectivity index (χ0) is 22.9. The zero-order valence-electron chi connectivity index (χ0n) is 18.4. The van der Waals surface area contributed by atoms with E-state index < -0.39 is 10.0 Å². The number of rotatable bonds is 5. The highest BCUT2D eigenvalue weighted by atomic mass is 32.2. The second-order valence-corrected chi connectivity index (χ2v) is 10.2. The van der Waals surface area contributed by atoms with Crippen LogP contribution in [0.2, 0.25) is 0 Å². The number of hydrogen-bond donors (Lipinski definition) is 0. The van der Waals surface area contributed by atoms with Crippen molar-refractivity contribution < 1.29 is 27.4 Å². The molecule has 2 aliphatic rings. The van der Waals surface area contributed by atoms with E-state index in [9.17, 15) is 13.2 Å². The number of ether oxygens (including phenoxy) is 3. The van der Waals surface area contributed by atoms with E-state index in [-0.39, 0.29) is 29.1 Å². The smallest absolute Gasteiger partial charge is 0.253 e. The number of morpholine rings is 1. The fourth-order valence-corrected chi connectivity index (χ4v) is 5.60. The van der Waals surface area contributed by atoms with Crippen LogP contribution in [0.4, 0.5) is 0 Å². The number of fused-ring (bicyclic) bond motifs is 1. The molecule has 2 heterocycles. The minimum Gasteiger partial charge on any atom is -0.486 e. The van der Waals surface area contributed by atoms with Crippen molar-refractivity contribution in [3.63, 3.8) is 0 Å². The van der Waals surface area contributed by atoms with Gasteiger partial charge in [0.15, 0.2) is 17.6 Å². The van der Waals surface area contributed by atoms with Gasteiger partial charge < -0.3 is 19.1 Å². The molecule has 0 unspecified atom stereocenters. The molecule has 0 spiro atoms. The van der Waals surface area contributed by atoms with Gasteiger partial charge in [-0.2, -0.15) is 4.31 Å². The summed E-state index contributed by atoms with van der Waals surface area (Å²) in [6.07, 6.45) is -0.620. The van der Waals surface area contributed by atoms with E-state index >= 15 is 0 Å². The van der Waals surface area contributed by atoms with Gasteiger partial charge in [-0.1, -0.05) is 12.1 Å².